The highest BCUT2D eigenvalue weighted by molar-refractivity contribution is 7.80. The molecule has 3 heterocycles. The van der Waals surface area contributed by atoms with Crippen LogP contribution in [0.2, 0.25) is 0 Å². The van der Waals surface area contributed by atoms with E-state index in [1.807, 2.05) is 42.6 Å². The summed E-state index contributed by atoms with van der Waals surface area (Å²) in [6, 6.07) is 22.3. The quantitative estimate of drug-likeness (QED) is 0.307. The number of aromatic nitrogens is 2. The van der Waals surface area contributed by atoms with Crippen LogP contribution in [0.1, 0.15) is 34.7 Å². The van der Waals surface area contributed by atoms with Crippen molar-refractivity contribution in [3.8, 4) is 17.2 Å². The number of rotatable bonds is 7. The molecule has 1 N–H and O–H groups in total. The predicted molar refractivity (Wildman–Crippen MR) is 157 cm³/mol. The molecule has 4 aromatic rings. The molecule has 196 valence electrons. The third-order valence-corrected chi connectivity index (χ3v) is 7.47. The van der Waals surface area contributed by atoms with Crippen LogP contribution in [0.25, 0.3) is 5.69 Å². The molecule has 1 aliphatic rings. The number of anilines is 2. The summed E-state index contributed by atoms with van der Waals surface area (Å²) in [7, 11) is 7.44. The molecule has 0 unspecified atom stereocenters. The molecule has 1 fully saturated rings. The Morgan fingerprint density at radius 1 is 0.947 bits per heavy atom. The first-order chi connectivity index (χ1) is 18.3. The molecule has 0 amide bonds. The Morgan fingerprint density at radius 2 is 1.71 bits per heavy atom. The zero-order valence-electron chi connectivity index (χ0n) is 22.6. The van der Waals surface area contributed by atoms with Crippen LogP contribution in [-0.4, -0.2) is 43.0 Å². The number of nitrogens with zero attached hydrogens (tertiary/aromatic N) is 4. The SMILES string of the molecule is COc1ccc(OC)c(N2C(=S)N[C@@H](c3ccccn3)[C@H]2c2cc(C)n(-c3ccc(N(C)C)cc3)c2C)c1. The number of benzene rings is 2. The lowest BCUT2D eigenvalue weighted by molar-refractivity contribution is 0.403. The molecule has 8 heteroatoms. The van der Waals surface area contributed by atoms with Crippen molar-refractivity contribution >= 4 is 28.7 Å². The lowest BCUT2D eigenvalue weighted by atomic mass is 9.96. The monoisotopic (exact) mass is 527 g/mol. The van der Waals surface area contributed by atoms with E-state index in [1.165, 1.54) is 0 Å². The highest BCUT2D eigenvalue weighted by atomic mass is 32.1. The minimum Gasteiger partial charge on any atom is -0.497 e. The van der Waals surface area contributed by atoms with Crippen LogP contribution in [0.15, 0.2) is 72.9 Å². The first-order valence-corrected chi connectivity index (χ1v) is 12.9. The van der Waals surface area contributed by atoms with E-state index >= 15 is 0 Å². The van der Waals surface area contributed by atoms with Crippen LogP contribution in [-0.2, 0) is 0 Å². The van der Waals surface area contributed by atoms with Crippen molar-refractivity contribution in [2.75, 3.05) is 38.1 Å². The number of nitrogens with one attached hydrogen (secondary N) is 1. The summed E-state index contributed by atoms with van der Waals surface area (Å²) >= 11 is 5.96. The second-order valence-corrected chi connectivity index (χ2v) is 9.99. The van der Waals surface area contributed by atoms with E-state index < -0.39 is 0 Å². The van der Waals surface area contributed by atoms with E-state index in [2.05, 4.69) is 78.0 Å². The highest BCUT2D eigenvalue weighted by Gasteiger charge is 2.43. The van der Waals surface area contributed by atoms with Gasteiger partial charge in [0.05, 0.1) is 37.7 Å². The summed E-state index contributed by atoms with van der Waals surface area (Å²) in [4.78, 5) is 8.94. The minimum absolute atomic E-state index is 0.162. The predicted octanol–water partition coefficient (Wildman–Crippen LogP) is 5.75. The van der Waals surface area contributed by atoms with Crippen molar-refractivity contribution in [3.63, 3.8) is 0 Å². The third kappa shape index (κ3) is 4.45. The minimum atomic E-state index is -0.167. The first-order valence-electron chi connectivity index (χ1n) is 12.5. The maximum absolute atomic E-state index is 5.96. The number of aryl methyl sites for hydroxylation is 1. The third-order valence-electron chi connectivity index (χ3n) is 7.16. The molecule has 2 aromatic heterocycles. The van der Waals surface area contributed by atoms with Gasteiger partial charge in [-0.05, 0) is 86.2 Å². The van der Waals surface area contributed by atoms with E-state index in [4.69, 9.17) is 26.7 Å². The average Bonchev–Trinajstić information content (AvgIpc) is 3.43. The maximum atomic E-state index is 5.96. The molecule has 1 saturated heterocycles. The van der Waals surface area contributed by atoms with Gasteiger partial charge in [-0.25, -0.2) is 0 Å². The van der Waals surface area contributed by atoms with E-state index in [-0.39, 0.29) is 12.1 Å². The van der Waals surface area contributed by atoms with Crippen molar-refractivity contribution in [1.82, 2.24) is 14.9 Å². The van der Waals surface area contributed by atoms with Crippen molar-refractivity contribution in [2.45, 2.75) is 25.9 Å². The number of ether oxygens (including phenoxy) is 2. The average molecular weight is 528 g/mol. The van der Waals surface area contributed by atoms with Crippen LogP contribution in [0.5, 0.6) is 11.5 Å². The number of pyridine rings is 1. The van der Waals surface area contributed by atoms with Crippen LogP contribution in [0.4, 0.5) is 11.4 Å². The van der Waals surface area contributed by atoms with Gasteiger partial charge in [0, 0.05) is 49.1 Å². The molecule has 2 atom stereocenters. The number of methoxy groups -OCH3 is 2. The summed E-state index contributed by atoms with van der Waals surface area (Å²) < 4.78 is 13.6. The highest BCUT2D eigenvalue weighted by Crippen LogP contribution is 2.47. The van der Waals surface area contributed by atoms with E-state index in [0.29, 0.717) is 5.11 Å². The van der Waals surface area contributed by atoms with E-state index in [1.54, 1.807) is 14.2 Å². The van der Waals surface area contributed by atoms with Crippen molar-refractivity contribution < 1.29 is 9.47 Å². The van der Waals surface area contributed by atoms with Crippen molar-refractivity contribution in [2.24, 2.45) is 0 Å². The smallest absolute Gasteiger partial charge is 0.174 e. The molecule has 38 heavy (non-hydrogen) atoms. The molecule has 0 saturated carbocycles. The Hall–Kier alpha value is -4.04. The Morgan fingerprint density at radius 3 is 2.34 bits per heavy atom. The second-order valence-electron chi connectivity index (χ2n) is 9.61. The Kier molecular flexibility index (Phi) is 6.99. The molecule has 7 nitrogen and oxygen atoms in total. The van der Waals surface area contributed by atoms with Gasteiger partial charge in [-0.1, -0.05) is 6.07 Å². The van der Waals surface area contributed by atoms with Gasteiger partial charge in [0.1, 0.15) is 11.5 Å². The summed E-state index contributed by atoms with van der Waals surface area (Å²) in [5.74, 6) is 1.45. The molecule has 0 aliphatic carbocycles. The van der Waals surface area contributed by atoms with Gasteiger partial charge in [0.25, 0.3) is 0 Å². The maximum Gasteiger partial charge on any atom is 0.174 e. The number of hydrogen-bond acceptors (Lipinski definition) is 5. The molecule has 0 spiro atoms. The van der Waals surface area contributed by atoms with Crippen LogP contribution in [0.3, 0.4) is 0 Å². The Labute approximate surface area is 229 Å². The van der Waals surface area contributed by atoms with Gasteiger partial charge in [-0.3, -0.25) is 4.98 Å². The number of thiocarbonyl (C=S) groups is 1. The second kappa shape index (κ2) is 10.4. The summed E-state index contributed by atoms with van der Waals surface area (Å²) in [6.45, 7) is 4.31. The number of hydrogen-bond donors (Lipinski definition) is 1. The molecule has 0 radical (unpaired) electrons. The van der Waals surface area contributed by atoms with Gasteiger partial charge < -0.3 is 29.2 Å². The van der Waals surface area contributed by atoms with Gasteiger partial charge >= 0.3 is 0 Å². The van der Waals surface area contributed by atoms with E-state index in [9.17, 15) is 0 Å². The van der Waals surface area contributed by atoms with E-state index in [0.717, 1.165) is 51.2 Å². The van der Waals surface area contributed by atoms with Gasteiger partial charge in [0.2, 0.25) is 0 Å². The van der Waals surface area contributed by atoms with Crippen molar-refractivity contribution in [1.29, 1.82) is 0 Å². The first kappa shape index (κ1) is 25.6. The Balaban J connectivity index is 1.68. The fraction of sp³-hybridized carbons (Fsp3) is 0.267. The molecule has 5 rings (SSSR count). The molecule has 2 aromatic carbocycles. The zero-order valence-corrected chi connectivity index (χ0v) is 23.4. The molecular formula is C30H33N5O2S. The standard InChI is InChI=1S/C30H33N5O2S/c1-19-17-24(20(2)34(19)22-12-10-21(11-13-22)33(3)4)29-28(25-9-7-8-16-31-25)32-30(38)35(29)26-18-23(36-5)14-15-27(26)37-6/h7-18,28-29H,1-6H3,(H,32,38)/t28-,29+/m0/s1. The van der Waals surface area contributed by atoms with Gasteiger partial charge in [-0.15, -0.1) is 0 Å². The van der Waals surface area contributed by atoms with Gasteiger partial charge in [0.15, 0.2) is 5.11 Å². The zero-order chi connectivity index (χ0) is 27.0. The van der Waals surface area contributed by atoms with Crippen molar-refractivity contribution in [3.05, 3.63) is 95.6 Å². The fourth-order valence-corrected chi connectivity index (χ4v) is 5.64. The largest absolute Gasteiger partial charge is 0.497 e. The summed E-state index contributed by atoms with van der Waals surface area (Å²) in [5.41, 5.74) is 7.48. The molecular weight excluding hydrogens is 494 g/mol. The van der Waals surface area contributed by atoms with Crippen LogP contribution >= 0.6 is 12.2 Å². The fourth-order valence-electron chi connectivity index (χ4n) is 5.30. The Bertz CT molecular complexity index is 1450. The molecule has 0 bridgehead atoms. The summed E-state index contributed by atoms with van der Waals surface area (Å²) in [6.07, 6.45) is 1.82. The lowest BCUT2D eigenvalue weighted by Crippen LogP contribution is -2.30. The molecule has 1 aliphatic heterocycles. The van der Waals surface area contributed by atoms with Gasteiger partial charge in [-0.2, -0.15) is 0 Å². The van der Waals surface area contributed by atoms with Crippen LogP contribution in [0, 0.1) is 13.8 Å². The van der Waals surface area contributed by atoms with Crippen LogP contribution < -0.4 is 24.6 Å². The summed E-state index contributed by atoms with van der Waals surface area (Å²) in [5, 5.41) is 4.16. The normalized spacial score (nSPS) is 16.9. The topological polar surface area (TPSA) is 54.8 Å². The lowest BCUT2D eigenvalue weighted by Gasteiger charge is -2.29.